The Balaban J connectivity index is 1.82. The molecule has 1 fully saturated rings. The van der Waals surface area contributed by atoms with Gasteiger partial charge in [-0.15, -0.1) is 0 Å². The minimum atomic E-state index is -1.03. The van der Waals surface area contributed by atoms with Gasteiger partial charge in [0, 0.05) is 36.3 Å². The Morgan fingerprint density at radius 2 is 2.00 bits per heavy atom. The van der Waals surface area contributed by atoms with Gasteiger partial charge >= 0.3 is 0 Å². The largest absolute Gasteiger partial charge is 0.386 e. The fraction of sp³-hybridized carbons (Fsp3) is 0.381. The molecule has 1 aliphatic rings. The third-order valence-electron chi connectivity index (χ3n) is 5.50. The van der Waals surface area contributed by atoms with Gasteiger partial charge in [-0.3, -0.25) is 4.40 Å². The van der Waals surface area contributed by atoms with Gasteiger partial charge in [-0.25, -0.2) is 9.97 Å². The summed E-state index contributed by atoms with van der Waals surface area (Å²) in [6.45, 7) is 5.23. The normalized spacial score (nSPS) is 18.4. The van der Waals surface area contributed by atoms with Crippen LogP contribution in [0.3, 0.4) is 0 Å². The fourth-order valence-electron chi connectivity index (χ4n) is 4.09. The third kappa shape index (κ3) is 2.70. The summed E-state index contributed by atoms with van der Waals surface area (Å²) in [6.07, 6.45) is 3.92. The molecule has 1 aromatic carbocycles. The first-order chi connectivity index (χ1) is 13.4. The highest BCUT2D eigenvalue weighted by Gasteiger charge is 2.25. The second-order valence-corrected chi connectivity index (χ2v) is 8.17. The number of imidazole rings is 1. The van der Waals surface area contributed by atoms with E-state index >= 15 is 0 Å². The van der Waals surface area contributed by atoms with Crippen LogP contribution >= 0.6 is 0 Å². The van der Waals surface area contributed by atoms with Crippen LogP contribution in [0.2, 0.25) is 0 Å². The number of aliphatic hydroxyl groups is 1. The molecule has 0 radical (unpaired) electrons. The van der Waals surface area contributed by atoms with Crippen LogP contribution < -0.4 is 10.6 Å². The van der Waals surface area contributed by atoms with Crippen molar-refractivity contribution >= 4 is 33.7 Å². The van der Waals surface area contributed by atoms with Gasteiger partial charge in [0.25, 0.3) is 0 Å². The Morgan fingerprint density at radius 1 is 1.18 bits per heavy atom. The van der Waals surface area contributed by atoms with Crippen molar-refractivity contribution in [2.45, 2.75) is 38.3 Å². The summed E-state index contributed by atoms with van der Waals surface area (Å²) in [7, 11) is 0. The zero-order valence-electron chi connectivity index (χ0n) is 16.1. The lowest BCUT2D eigenvalue weighted by Gasteiger charge is -2.30. The molecule has 0 unspecified atom stereocenters. The average Bonchev–Trinajstić information content (AvgIpc) is 3.06. The van der Waals surface area contributed by atoms with Crippen molar-refractivity contribution in [3.8, 4) is 0 Å². The van der Waals surface area contributed by atoms with Gasteiger partial charge in [-0.2, -0.15) is 4.98 Å². The molecule has 1 atom stereocenters. The molecule has 1 saturated heterocycles. The van der Waals surface area contributed by atoms with Crippen molar-refractivity contribution in [3.05, 3.63) is 42.1 Å². The predicted octanol–water partition coefficient (Wildman–Crippen LogP) is 2.59. The number of fused-ring (bicyclic) bond motifs is 5. The highest BCUT2D eigenvalue weighted by atomic mass is 16.3. The van der Waals surface area contributed by atoms with E-state index in [1.165, 1.54) is 0 Å². The Bertz CT molecular complexity index is 1190. The van der Waals surface area contributed by atoms with Crippen LogP contribution in [0.4, 0.5) is 5.95 Å². The number of para-hydroxylation sites is 2. The molecule has 7 heteroatoms. The molecule has 0 aliphatic carbocycles. The molecule has 144 valence electrons. The first-order valence-electron chi connectivity index (χ1n) is 9.72. The molecule has 7 nitrogen and oxygen atoms in total. The lowest BCUT2D eigenvalue weighted by Crippen LogP contribution is -2.43. The van der Waals surface area contributed by atoms with Crippen LogP contribution in [0.15, 0.2) is 36.5 Å². The first-order valence-corrected chi connectivity index (χ1v) is 9.72. The summed E-state index contributed by atoms with van der Waals surface area (Å²) in [5.74, 6) is 0.692. The quantitative estimate of drug-likeness (QED) is 0.559. The number of pyridine rings is 1. The van der Waals surface area contributed by atoms with Crippen molar-refractivity contribution in [3.63, 3.8) is 0 Å². The second-order valence-electron chi connectivity index (χ2n) is 8.17. The van der Waals surface area contributed by atoms with Crippen LogP contribution in [0.1, 0.15) is 32.3 Å². The molecule has 5 rings (SSSR count). The zero-order chi connectivity index (χ0) is 19.5. The van der Waals surface area contributed by atoms with Crippen molar-refractivity contribution in [2.24, 2.45) is 5.73 Å². The third-order valence-corrected chi connectivity index (χ3v) is 5.50. The molecule has 0 bridgehead atoms. The Morgan fingerprint density at radius 3 is 2.79 bits per heavy atom. The van der Waals surface area contributed by atoms with E-state index in [0.29, 0.717) is 5.95 Å². The Hall–Kier alpha value is -2.77. The number of nitrogens with two attached hydrogens (primary N) is 1. The average molecular weight is 376 g/mol. The molecular weight excluding hydrogens is 352 g/mol. The summed E-state index contributed by atoms with van der Waals surface area (Å²) in [4.78, 5) is 16.5. The lowest BCUT2D eigenvalue weighted by molar-refractivity contribution is 0.0798. The van der Waals surface area contributed by atoms with E-state index in [1.54, 1.807) is 13.8 Å². The minimum absolute atomic E-state index is 0.153. The number of hydrogen-bond acceptors (Lipinski definition) is 6. The van der Waals surface area contributed by atoms with Gasteiger partial charge in [0.1, 0.15) is 5.65 Å². The Labute approximate surface area is 162 Å². The molecule has 4 aromatic rings. The second kappa shape index (κ2) is 6.12. The Kier molecular flexibility index (Phi) is 3.79. The molecule has 4 heterocycles. The molecule has 0 saturated carbocycles. The van der Waals surface area contributed by atoms with Crippen molar-refractivity contribution in [2.75, 3.05) is 18.0 Å². The molecule has 3 aromatic heterocycles. The van der Waals surface area contributed by atoms with Crippen LogP contribution in [0.5, 0.6) is 0 Å². The topological polar surface area (TPSA) is 92.6 Å². The number of anilines is 1. The molecule has 0 amide bonds. The van der Waals surface area contributed by atoms with E-state index in [0.717, 1.165) is 59.2 Å². The van der Waals surface area contributed by atoms with Crippen LogP contribution in [-0.2, 0) is 5.60 Å². The van der Waals surface area contributed by atoms with E-state index in [-0.39, 0.29) is 6.04 Å². The molecular formula is C21H24N6O. The van der Waals surface area contributed by atoms with Gasteiger partial charge in [0.05, 0.1) is 16.6 Å². The number of nitrogens with zero attached hydrogens (tertiary/aromatic N) is 5. The van der Waals surface area contributed by atoms with Gasteiger partial charge in [-0.1, -0.05) is 12.1 Å². The summed E-state index contributed by atoms with van der Waals surface area (Å²) in [5, 5.41) is 11.6. The SMILES string of the molecule is CC(C)(O)c1cc2cnc(N3CCC[C@H](N)C3)nc2n2c1nc1ccccc12. The molecule has 0 spiro atoms. The van der Waals surface area contributed by atoms with E-state index < -0.39 is 5.60 Å². The maximum atomic E-state index is 10.7. The molecule has 1 aliphatic heterocycles. The summed E-state index contributed by atoms with van der Waals surface area (Å²) < 4.78 is 2.03. The summed E-state index contributed by atoms with van der Waals surface area (Å²) >= 11 is 0. The summed E-state index contributed by atoms with van der Waals surface area (Å²) in [5.41, 5.74) is 9.23. The van der Waals surface area contributed by atoms with Gasteiger partial charge < -0.3 is 15.7 Å². The monoisotopic (exact) mass is 376 g/mol. The van der Waals surface area contributed by atoms with Crippen LogP contribution in [-0.4, -0.2) is 43.6 Å². The van der Waals surface area contributed by atoms with Crippen molar-refractivity contribution < 1.29 is 5.11 Å². The van der Waals surface area contributed by atoms with Crippen molar-refractivity contribution in [1.82, 2.24) is 19.4 Å². The van der Waals surface area contributed by atoms with Crippen LogP contribution in [0, 0.1) is 0 Å². The van der Waals surface area contributed by atoms with E-state index in [2.05, 4.69) is 9.88 Å². The van der Waals surface area contributed by atoms with Crippen LogP contribution in [0.25, 0.3) is 27.7 Å². The van der Waals surface area contributed by atoms with Gasteiger partial charge in [0.2, 0.25) is 5.95 Å². The maximum Gasteiger partial charge on any atom is 0.227 e. The smallest absolute Gasteiger partial charge is 0.227 e. The maximum absolute atomic E-state index is 10.7. The standard InChI is InChI=1S/C21H24N6O/c1-21(2,28)15-10-13-11-23-20(26-9-5-6-14(22)12-26)25-18(13)27-17-8-4-3-7-16(17)24-19(15)27/h3-4,7-8,10-11,14,28H,5-6,9,12,22H2,1-2H3/t14-/m0/s1. The van der Waals surface area contributed by atoms with E-state index in [9.17, 15) is 5.11 Å². The van der Waals surface area contributed by atoms with Crippen molar-refractivity contribution in [1.29, 1.82) is 0 Å². The lowest BCUT2D eigenvalue weighted by atomic mass is 9.98. The highest BCUT2D eigenvalue weighted by molar-refractivity contribution is 5.90. The number of aromatic nitrogens is 4. The number of rotatable bonds is 2. The van der Waals surface area contributed by atoms with Gasteiger partial charge in [-0.05, 0) is 44.9 Å². The fourth-order valence-corrected chi connectivity index (χ4v) is 4.09. The zero-order valence-corrected chi connectivity index (χ0v) is 16.1. The highest BCUT2D eigenvalue weighted by Crippen LogP contribution is 2.31. The van der Waals surface area contributed by atoms with Gasteiger partial charge in [0.15, 0.2) is 5.65 Å². The van der Waals surface area contributed by atoms with E-state index in [1.807, 2.05) is 40.9 Å². The number of benzene rings is 1. The molecule has 28 heavy (non-hydrogen) atoms. The predicted molar refractivity (Wildman–Crippen MR) is 110 cm³/mol. The summed E-state index contributed by atoms with van der Waals surface area (Å²) in [6, 6.07) is 10.1. The van der Waals surface area contributed by atoms with E-state index in [4.69, 9.17) is 15.7 Å². The number of hydrogen-bond donors (Lipinski definition) is 2. The number of piperidine rings is 1. The first kappa shape index (κ1) is 17.3. The molecule has 3 N–H and O–H groups in total. The minimum Gasteiger partial charge on any atom is -0.386 e.